The number of hydrogen-bond donors (Lipinski definition) is 1. The normalized spacial score (nSPS) is 25.4. The lowest BCUT2D eigenvalue weighted by Crippen LogP contribution is -2.34. The summed E-state index contributed by atoms with van der Waals surface area (Å²) in [5.74, 6) is 2.17. The number of carbonyl (C=O) groups is 1. The molecule has 6 heteroatoms. The van der Waals surface area contributed by atoms with Crippen molar-refractivity contribution in [3.05, 3.63) is 56.2 Å². The van der Waals surface area contributed by atoms with E-state index in [9.17, 15) is 4.79 Å². The average molecular weight is 395 g/mol. The van der Waals surface area contributed by atoms with Gasteiger partial charge in [-0.15, -0.1) is 11.3 Å². The molecule has 1 amide bonds. The van der Waals surface area contributed by atoms with Gasteiger partial charge in [-0.2, -0.15) is 0 Å². The summed E-state index contributed by atoms with van der Waals surface area (Å²) in [6.45, 7) is 3.86. The predicted molar refractivity (Wildman–Crippen MR) is 104 cm³/mol. The minimum atomic E-state index is -0.0295. The molecule has 2 heterocycles. The minimum Gasteiger partial charge on any atom is -0.350 e. The molecular weight excluding hydrogens is 375 g/mol. The Morgan fingerprint density at radius 1 is 1.16 bits per heavy atom. The SMILES string of the molecule is O=C(NCCN1CC2CC(c3ccc(Cl)cc3)C2C1)c1ccc(Cl)s1. The first kappa shape index (κ1) is 17.3. The maximum atomic E-state index is 12.0. The van der Waals surface area contributed by atoms with Crippen LogP contribution < -0.4 is 5.32 Å². The van der Waals surface area contributed by atoms with E-state index in [-0.39, 0.29) is 5.91 Å². The summed E-state index contributed by atoms with van der Waals surface area (Å²) >= 11 is 13.2. The maximum absolute atomic E-state index is 12.0. The van der Waals surface area contributed by atoms with E-state index in [0.717, 1.165) is 36.5 Å². The van der Waals surface area contributed by atoms with Gasteiger partial charge in [0.2, 0.25) is 0 Å². The lowest BCUT2D eigenvalue weighted by Gasteiger charge is -2.40. The third-order valence-electron chi connectivity index (χ3n) is 5.45. The summed E-state index contributed by atoms with van der Waals surface area (Å²) in [5.41, 5.74) is 1.41. The van der Waals surface area contributed by atoms with Crippen molar-refractivity contribution >= 4 is 40.4 Å². The van der Waals surface area contributed by atoms with Crippen LogP contribution in [0.15, 0.2) is 36.4 Å². The van der Waals surface area contributed by atoms with Gasteiger partial charge in [-0.25, -0.2) is 0 Å². The molecule has 1 saturated carbocycles. The van der Waals surface area contributed by atoms with Crippen molar-refractivity contribution in [2.75, 3.05) is 26.2 Å². The van der Waals surface area contributed by atoms with Gasteiger partial charge in [0.25, 0.3) is 5.91 Å². The summed E-state index contributed by atoms with van der Waals surface area (Å²) < 4.78 is 0.648. The predicted octanol–water partition coefficient (Wildman–Crippen LogP) is 4.52. The zero-order chi connectivity index (χ0) is 17.4. The molecule has 4 rings (SSSR count). The van der Waals surface area contributed by atoms with E-state index in [0.29, 0.717) is 21.7 Å². The number of thiophene rings is 1. The first-order chi connectivity index (χ1) is 12.1. The zero-order valence-corrected chi connectivity index (χ0v) is 16.1. The molecule has 132 valence electrons. The highest BCUT2D eigenvalue weighted by Crippen LogP contribution is 2.51. The van der Waals surface area contributed by atoms with Crippen LogP contribution in [0.2, 0.25) is 9.36 Å². The molecule has 1 saturated heterocycles. The van der Waals surface area contributed by atoms with Crippen LogP contribution in [-0.2, 0) is 0 Å². The van der Waals surface area contributed by atoms with Gasteiger partial charge >= 0.3 is 0 Å². The third kappa shape index (κ3) is 3.72. The van der Waals surface area contributed by atoms with Crippen LogP contribution >= 0.6 is 34.5 Å². The standard InChI is InChI=1S/C19H20Cl2N2OS/c20-14-3-1-12(2-4-14)15-9-13-10-23(11-16(13)15)8-7-22-19(24)17-5-6-18(21)25-17/h1-6,13,15-16H,7-11H2,(H,22,24). The molecule has 1 aliphatic heterocycles. The number of benzene rings is 1. The fourth-order valence-electron chi connectivity index (χ4n) is 4.13. The second-order valence-electron chi connectivity index (χ2n) is 6.94. The minimum absolute atomic E-state index is 0.0295. The molecule has 1 aliphatic carbocycles. The lowest BCUT2D eigenvalue weighted by atomic mass is 9.64. The Balaban J connectivity index is 1.25. The number of carbonyl (C=O) groups excluding carboxylic acids is 1. The van der Waals surface area contributed by atoms with Crippen LogP contribution in [0.4, 0.5) is 0 Å². The van der Waals surface area contributed by atoms with Crippen molar-refractivity contribution in [1.29, 1.82) is 0 Å². The highest BCUT2D eigenvalue weighted by molar-refractivity contribution is 7.17. The molecule has 0 bridgehead atoms. The summed E-state index contributed by atoms with van der Waals surface area (Å²) in [4.78, 5) is 15.2. The lowest BCUT2D eigenvalue weighted by molar-refractivity contribution is 0.0953. The first-order valence-corrected chi connectivity index (χ1v) is 10.2. The van der Waals surface area contributed by atoms with E-state index in [2.05, 4.69) is 22.3 Å². The van der Waals surface area contributed by atoms with Crippen molar-refractivity contribution in [1.82, 2.24) is 10.2 Å². The average Bonchev–Trinajstić information content (AvgIpc) is 3.15. The van der Waals surface area contributed by atoms with Crippen LogP contribution in [0, 0.1) is 11.8 Å². The van der Waals surface area contributed by atoms with Gasteiger partial charge in [0, 0.05) is 31.2 Å². The van der Waals surface area contributed by atoms with E-state index < -0.39 is 0 Å². The van der Waals surface area contributed by atoms with Crippen LogP contribution in [0.3, 0.4) is 0 Å². The molecule has 25 heavy (non-hydrogen) atoms. The number of amides is 1. The van der Waals surface area contributed by atoms with Crippen molar-refractivity contribution in [2.45, 2.75) is 12.3 Å². The first-order valence-electron chi connectivity index (χ1n) is 8.61. The van der Waals surface area contributed by atoms with Crippen LogP contribution in [0.25, 0.3) is 0 Å². The van der Waals surface area contributed by atoms with E-state index in [1.807, 2.05) is 12.1 Å². The van der Waals surface area contributed by atoms with Crippen LogP contribution in [-0.4, -0.2) is 37.0 Å². The number of rotatable bonds is 5. The number of nitrogens with one attached hydrogen (secondary N) is 1. The van der Waals surface area contributed by atoms with Gasteiger partial charge in [0.1, 0.15) is 0 Å². The number of hydrogen-bond acceptors (Lipinski definition) is 3. The quantitative estimate of drug-likeness (QED) is 0.808. The van der Waals surface area contributed by atoms with E-state index in [4.69, 9.17) is 23.2 Å². The molecule has 2 fully saturated rings. The Morgan fingerprint density at radius 3 is 2.68 bits per heavy atom. The molecule has 2 aliphatic rings. The third-order valence-corrected chi connectivity index (χ3v) is 6.93. The molecule has 3 nitrogen and oxygen atoms in total. The van der Waals surface area contributed by atoms with Crippen molar-refractivity contribution in [3.63, 3.8) is 0 Å². The Hall–Kier alpha value is -1.07. The molecule has 3 unspecified atom stereocenters. The summed E-state index contributed by atoms with van der Waals surface area (Å²) in [7, 11) is 0. The molecular formula is C19H20Cl2N2OS. The van der Waals surface area contributed by atoms with Gasteiger partial charge in [-0.3, -0.25) is 4.79 Å². The zero-order valence-electron chi connectivity index (χ0n) is 13.8. The smallest absolute Gasteiger partial charge is 0.261 e. The van der Waals surface area contributed by atoms with Crippen molar-refractivity contribution < 1.29 is 4.79 Å². The fraction of sp³-hybridized carbons (Fsp3) is 0.421. The van der Waals surface area contributed by atoms with Crippen molar-refractivity contribution in [2.24, 2.45) is 11.8 Å². The topological polar surface area (TPSA) is 32.3 Å². The van der Waals surface area contributed by atoms with Crippen molar-refractivity contribution in [3.8, 4) is 0 Å². The van der Waals surface area contributed by atoms with Gasteiger partial charge in [-0.05, 0) is 54.0 Å². The largest absolute Gasteiger partial charge is 0.350 e. The summed E-state index contributed by atoms with van der Waals surface area (Å²) in [5, 5.41) is 3.80. The Labute approximate surface area is 161 Å². The Bertz CT molecular complexity index is 761. The fourth-order valence-corrected chi connectivity index (χ4v) is 5.21. The highest BCUT2D eigenvalue weighted by atomic mass is 35.5. The van der Waals surface area contributed by atoms with Gasteiger partial charge in [-0.1, -0.05) is 35.3 Å². The maximum Gasteiger partial charge on any atom is 0.261 e. The van der Waals surface area contributed by atoms with Gasteiger partial charge < -0.3 is 10.2 Å². The number of fused-ring (bicyclic) bond motifs is 1. The Kier molecular flexibility index (Phi) is 5.05. The van der Waals surface area contributed by atoms with Crippen LogP contribution in [0.1, 0.15) is 27.6 Å². The molecule has 1 N–H and O–H groups in total. The van der Waals surface area contributed by atoms with Crippen LogP contribution in [0.5, 0.6) is 0 Å². The van der Waals surface area contributed by atoms with E-state index in [1.165, 1.54) is 23.3 Å². The summed E-state index contributed by atoms with van der Waals surface area (Å²) in [6.07, 6.45) is 1.27. The van der Waals surface area contributed by atoms with E-state index in [1.54, 1.807) is 12.1 Å². The van der Waals surface area contributed by atoms with Gasteiger partial charge in [0.05, 0.1) is 9.21 Å². The molecule has 2 aromatic rings. The highest BCUT2D eigenvalue weighted by Gasteiger charge is 2.47. The Morgan fingerprint density at radius 2 is 1.96 bits per heavy atom. The second kappa shape index (κ2) is 7.28. The molecule has 1 aromatic heterocycles. The monoisotopic (exact) mass is 394 g/mol. The van der Waals surface area contributed by atoms with Gasteiger partial charge in [0.15, 0.2) is 0 Å². The number of halogens is 2. The summed E-state index contributed by atoms with van der Waals surface area (Å²) in [6, 6.07) is 11.8. The molecule has 0 radical (unpaired) electrons. The number of nitrogens with zero attached hydrogens (tertiary/aromatic N) is 1. The molecule has 3 atom stereocenters. The number of likely N-dealkylation sites (tertiary alicyclic amines) is 1. The van der Waals surface area contributed by atoms with E-state index >= 15 is 0 Å². The second-order valence-corrected chi connectivity index (χ2v) is 9.09. The molecule has 1 aromatic carbocycles. The molecule has 0 spiro atoms.